The van der Waals surface area contributed by atoms with E-state index in [2.05, 4.69) is 25.4 Å². The second-order valence-electron chi connectivity index (χ2n) is 4.73. The zero-order valence-corrected chi connectivity index (χ0v) is 13.0. The van der Waals surface area contributed by atoms with Gasteiger partial charge in [0.1, 0.15) is 12.0 Å². The molecule has 24 heavy (non-hydrogen) atoms. The van der Waals surface area contributed by atoms with Crippen LogP contribution >= 0.6 is 0 Å². The van der Waals surface area contributed by atoms with Crippen molar-refractivity contribution in [3.05, 3.63) is 54.3 Å². The second-order valence-corrected chi connectivity index (χ2v) is 4.73. The Labute approximate surface area is 137 Å². The van der Waals surface area contributed by atoms with Gasteiger partial charge < -0.3 is 14.6 Å². The van der Waals surface area contributed by atoms with E-state index in [0.29, 0.717) is 24.2 Å². The van der Waals surface area contributed by atoms with Crippen molar-refractivity contribution in [2.75, 3.05) is 6.61 Å². The Morgan fingerprint density at radius 3 is 2.88 bits per heavy atom. The fourth-order valence-corrected chi connectivity index (χ4v) is 1.97. The smallest absolute Gasteiger partial charge is 0.270 e. The van der Waals surface area contributed by atoms with Gasteiger partial charge in [-0.2, -0.15) is 4.98 Å². The third kappa shape index (κ3) is 3.72. The first-order chi connectivity index (χ1) is 11.8. The number of aromatic nitrogens is 4. The molecule has 0 unspecified atom stereocenters. The molecule has 0 radical (unpaired) electrons. The number of hydrogen-bond acceptors (Lipinski definition) is 7. The summed E-state index contributed by atoms with van der Waals surface area (Å²) in [6.45, 7) is 2.40. The van der Waals surface area contributed by atoms with E-state index >= 15 is 0 Å². The molecule has 3 aromatic rings. The minimum absolute atomic E-state index is 0.104. The quantitative estimate of drug-likeness (QED) is 0.737. The highest BCUT2D eigenvalue weighted by Gasteiger charge is 2.12. The van der Waals surface area contributed by atoms with Gasteiger partial charge in [-0.1, -0.05) is 35.5 Å². The Morgan fingerprint density at radius 2 is 2.08 bits per heavy atom. The van der Waals surface area contributed by atoms with E-state index in [0.717, 1.165) is 5.56 Å². The third-order valence-corrected chi connectivity index (χ3v) is 3.07. The third-order valence-electron chi connectivity index (χ3n) is 3.07. The van der Waals surface area contributed by atoms with E-state index < -0.39 is 0 Å². The molecule has 0 aliphatic heterocycles. The van der Waals surface area contributed by atoms with E-state index in [1.807, 2.05) is 37.3 Å². The fourth-order valence-electron chi connectivity index (χ4n) is 1.97. The number of benzene rings is 1. The summed E-state index contributed by atoms with van der Waals surface area (Å²) in [6, 6.07) is 10.9. The number of ether oxygens (including phenoxy) is 1. The normalized spacial score (nSPS) is 10.4. The lowest BCUT2D eigenvalue weighted by Crippen LogP contribution is -2.24. The molecule has 2 heterocycles. The van der Waals surface area contributed by atoms with Crippen molar-refractivity contribution in [2.24, 2.45) is 0 Å². The van der Waals surface area contributed by atoms with Crippen LogP contribution < -0.4 is 10.1 Å². The Balaban J connectivity index is 1.62. The maximum atomic E-state index is 12.1. The first-order valence-corrected chi connectivity index (χ1v) is 7.37. The van der Waals surface area contributed by atoms with Crippen molar-refractivity contribution >= 4 is 5.91 Å². The summed E-state index contributed by atoms with van der Waals surface area (Å²) in [6.07, 6.45) is 1.28. The Kier molecular flexibility index (Phi) is 4.76. The minimum Gasteiger partial charge on any atom is -0.478 e. The van der Waals surface area contributed by atoms with Gasteiger partial charge in [0.05, 0.1) is 13.2 Å². The Hall–Kier alpha value is -3.29. The highest BCUT2D eigenvalue weighted by molar-refractivity contribution is 5.92. The van der Waals surface area contributed by atoms with Gasteiger partial charge in [-0.3, -0.25) is 4.79 Å². The molecular formula is C16H15N5O3. The number of rotatable bonds is 6. The summed E-state index contributed by atoms with van der Waals surface area (Å²) in [5, 5.41) is 6.56. The molecule has 122 valence electrons. The molecule has 1 N–H and O–H groups in total. The maximum Gasteiger partial charge on any atom is 0.270 e. The summed E-state index contributed by atoms with van der Waals surface area (Å²) in [7, 11) is 0. The molecule has 0 saturated carbocycles. The van der Waals surface area contributed by atoms with E-state index in [4.69, 9.17) is 9.26 Å². The first kappa shape index (κ1) is 15.6. The summed E-state index contributed by atoms with van der Waals surface area (Å²) in [5.74, 6) is 0.751. The van der Waals surface area contributed by atoms with Crippen LogP contribution in [0, 0.1) is 0 Å². The average Bonchev–Trinajstić information content (AvgIpc) is 3.10. The summed E-state index contributed by atoms with van der Waals surface area (Å²) in [5.41, 5.74) is 1.05. The fraction of sp³-hybridized carbons (Fsp3) is 0.188. The van der Waals surface area contributed by atoms with Crippen LogP contribution in [0.4, 0.5) is 0 Å². The van der Waals surface area contributed by atoms with E-state index in [1.54, 1.807) is 0 Å². The summed E-state index contributed by atoms with van der Waals surface area (Å²) < 4.78 is 10.4. The molecule has 8 nitrogen and oxygen atoms in total. The van der Waals surface area contributed by atoms with Gasteiger partial charge >= 0.3 is 0 Å². The maximum absolute atomic E-state index is 12.1. The first-order valence-electron chi connectivity index (χ1n) is 7.37. The van der Waals surface area contributed by atoms with Gasteiger partial charge in [0.25, 0.3) is 5.91 Å². The van der Waals surface area contributed by atoms with Crippen LogP contribution in [0.3, 0.4) is 0 Å². The van der Waals surface area contributed by atoms with Crippen LogP contribution in [-0.2, 0) is 6.54 Å². The molecular weight excluding hydrogens is 310 g/mol. The molecule has 0 saturated heterocycles. The van der Waals surface area contributed by atoms with Crippen molar-refractivity contribution in [1.82, 2.24) is 25.4 Å². The lowest BCUT2D eigenvalue weighted by molar-refractivity contribution is 0.0940. The number of amides is 1. The number of nitrogens with one attached hydrogen (secondary N) is 1. The molecule has 0 spiro atoms. The minimum atomic E-state index is -0.377. The van der Waals surface area contributed by atoms with Gasteiger partial charge in [-0.05, 0) is 6.92 Å². The van der Waals surface area contributed by atoms with Crippen LogP contribution in [-0.4, -0.2) is 32.6 Å². The molecule has 2 aromatic heterocycles. The largest absolute Gasteiger partial charge is 0.478 e. The Morgan fingerprint density at radius 1 is 1.25 bits per heavy atom. The molecule has 0 bridgehead atoms. The highest BCUT2D eigenvalue weighted by Crippen LogP contribution is 2.14. The van der Waals surface area contributed by atoms with Gasteiger partial charge in [-0.15, -0.1) is 0 Å². The number of carbonyl (C=O) groups excluding carboxylic acids is 1. The van der Waals surface area contributed by atoms with Crippen LogP contribution in [0.5, 0.6) is 5.88 Å². The van der Waals surface area contributed by atoms with Crippen molar-refractivity contribution in [3.8, 4) is 17.3 Å². The number of carbonyl (C=O) groups is 1. The molecule has 1 amide bonds. The van der Waals surface area contributed by atoms with Crippen LogP contribution in [0.2, 0.25) is 0 Å². The molecule has 0 aliphatic rings. The van der Waals surface area contributed by atoms with Gasteiger partial charge in [0.2, 0.25) is 17.6 Å². The number of nitrogens with zero attached hydrogens (tertiary/aromatic N) is 4. The van der Waals surface area contributed by atoms with E-state index in [-0.39, 0.29) is 18.1 Å². The Bertz CT molecular complexity index is 819. The van der Waals surface area contributed by atoms with Gasteiger partial charge in [-0.25, -0.2) is 9.97 Å². The molecule has 1 aromatic carbocycles. The predicted molar refractivity (Wildman–Crippen MR) is 84.1 cm³/mol. The monoisotopic (exact) mass is 325 g/mol. The summed E-state index contributed by atoms with van der Waals surface area (Å²) in [4.78, 5) is 24.2. The zero-order valence-electron chi connectivity index (χ0n) is 13.0. The van der Waals surface area contributed by atoms with Gasteiger partial charge in [0.15, 0.2) is 0 Å². The van der Waals surface area contributed by atoms with Crippen molar-refractivity contribution < 1.29 is 14.1 Å². The highest BCUT2D eigenvalue weighted by atomic mass is 16.5. The van der Waals surface area contributed by atoms with Crippen molar-refractivity contribution in [2.45, 2.75) is 13.5 Å². The summed E-state index contributed by atoms with van der Waals surface area (Å²) >= 11 is 0. The van der Waals surface area contributed by atoms with Crippen molar-refractivity contribution in [3.63, 3.8) is 0 Å². The number of hydrogen-bond donors (Lipinski definition) is 1. The zero-order chi connectivity index (χ0) is 16.8. The van der Waals surface area contributed by atoms with Crippen molar-refractivity contribution in [1.29, 1.82) is 0 Å². The lowest BCUT2D eigenvalue weighted by atomic mass is 10.2. The SMILES string of the molecule is CCOc1cc(C(=O)NCc2nc(-c3ccccc3)no2)ncn1. The standard InChI is InChI=1S/C16H15N5O3/c1-2-23-13-8-12(18-10-19-13)16(22)17-9-14-20-15(21-24-14)11-6-4-3-5-7-11/h3-8,10H,2,9H2,1H3,(H,17,22). The van der Waals surface area contributed by atoms with Crippen LogP contribution in [0.1, 0.15) is 23.3 Å². The van der Waals surface area contributed by atoms with E-state index in [1.165, 1.54) is 12.4 Å². The molecule has 0 aliphatic carbocycles. The van der Waals surface area contributed by atoms with Crippen LogP contribution in [0.25, 0.3) is 11.4 Å². The average molecular weight is 325 g/mol. The molecule has 8 heteroatoms. The molecule has 3 rings (SSSR count). The van der Waals surface area contributed by atoms with Crippen LogP contribution in [0.15, 0.2) is 47.2 Å². The second kappa shape index (κ2) is 7.32. The predicted octanol–water partition coefficient (Wildman–Crippen LogP) is 1.86. The molecule has 0 fully saturated rings. The van der Waals surface area contributed by atoms with E-state index in [9.17, 15) is 4.79 Å². The topological polar surface area (TPSA) is 103 Å². The molecule has 0 atom stereocenters. The lowest BCUT2D eigenvalue weighted by Gasteiger charge is -2.04. The van der Waals surface area contributed by atoms with Gasteiger partial charge in [0, 0.05) is 11.6 Å².